The van der Waals surface area contributed by atoms with Crippen LogP contribution < -0.4 is 5.32 Å². The third kappa shape index (κ3) is 5.24. The molecule has 1 nitrogen and oxygen atoms in total. The normalized spacial score (nSPS) is 12.4. The van der Waals surface area contributed by atoms with E-state index in [0.29, 0.717) is 6.04 Å². The van der Waals surface area contributed by atoms with E-state index >= 15 is 0 Å². The van der Waals surface area contributed by atoms with Crippen molar-refractivity contribution in [3.8, 4) is 0 Å². The summed E-state index contributed by atoms with van der Waals surface area (Å²) < 4.78 is 2.22. The Morgan fingerprint density at radius 2 is 1.76 bits per heavy atom. The molecule has 0 spiro atoms. The van der Waals surface area contributed by atoms with Gasteiger partial charge >= 0.3 is 0 Å². The highest BCUT2D eigenvalue weighted by atomic mass is 79.9. The molecule has 2 aromatic rings. The van der Waals surface area contributed by atoms with Crippen LogP contribution in [0.5, 0.6) is 0 Å². The van der Waals surface area contributed by atoms with Crippen LogP contribution in [0.3, 0.4) is 0 Å². The Bertz CT molecular complexity index is 575. The van der Waals surface area contributed by atoms with Gasteiger partial charge in [0, 0.05) is 15.0 Å². The van der Waals surface area contributed by atoms with Gasteiger partial charge in [-0.1, -0.05) is 68.6 Å². The van der Waals surface area contributed by atoms with Crippen LogP contribution >= 0.6 is 31.9 Å². The molecular formula is C18H21Br2N. The Morgan fingerprint density at radius 1 is 1.05 bits per heavy atom. The molecule has 112 valence electrons. The van der Waals surface area contributed by atoms with Crippen LogP contribution in [0.25, 0.3) is 0 Å². The molecule has 0 aliphatic heterocycles. The summed E-state index contributed by atoms with van der Waals surface area (Å²) in [6, 6.07) is 15.6. The maximum atomic E-state index is 3.67. The van der Waals surface area contributed by atoms with Crippen molar-refractivity contribution in [1.82, 2.24) is 5.32 Å². The van der Waals surface area contributed by atoms with Crippen LogP contribution in [-0.4, -0.2) is 6.54 Å². The topological polar surface area (TPSA) is 12.0 Å². The van der Waals surface area contributed by atoms with Crippen LogP contribution in [0.2, 0.25) is 0 Å². The second-order valence-electron chi connectivity index (χ2n) is 5.40. The summed E-state index contributed by atoms with van der Waals surface area (Å²) in [5, 5.41) is 3.67. The summed E-state index contributed by atoms with van der Waals surface area (Å²) >= 11 is 7.18. The largest absolute Gasteiger partial charge is 0.310 e. The number of nitrogens with one attached hydrogen (secondary N) is 1. The fraction of sp³-hybridized carbons (Fsp3) is 0.333. The van der Waals surface area contributed by atoms with Crippen LogP contribution in [-0.2, 0) is 6.42 Å². The van der Waals surface area contributed by atoms with Crippen molar-refractivity contribution in [1.29, 1.82) is 0 Å². The average molecular weight is 411 g/mol. The molecule has 0 radical (unpaired) electrons. The van der Waals surface area contributed by atoms with Gasteiger partial charge in [0.05, 0.1) is 0 Å². The zero-order chi connectivity index (χ0) is 15.2. The summed E-state index contributed by atoms with van der Waals surface area (Å²) in [4.78, 5) is 0. The highest BCUT2D eigenvalue weighted by Gasteiger charge is 2.13. The summed E-state index contributed by atoms with van der Waals surface area (Å²) in [6.45, 7) is 5.38. The van der Waals surface area contributed by atoms with Crippen molar-refractivity contribution in [2.75, 3.05) is 6.54 Å². The molecular weight excluding hydrogens is 390 g/mol. The summed E-state index contributed by atoms with van der Waals surface area (Å²) in [6.07, 6.45) is 2.14. The number of rotatable bonds is 6. The SMILES string of the molecule is CCCNC(Cc1cccc(C)c1)c1cc(Br)cc(Br)c1. The number of hydrogen-bond donors (Lipinski definition) is 1. The second-order valence-corrected chi connectivity index (χ2v) is 7.23. The number of benzene rings is 2. The zero-order valence-electron chi connectivity index (χ0n) is 12.5. The Labute approximate surface area is 144 Å². The van der Waals surface area contributed by atoms with E-state index in [2.05, 4.69) is 93.5 Å². The van der Waals surface area contributed by atoms with E-state index in [9.17, 15) is 0 Å². The lowest BCUT2D eigenvalue weighted by Crippen LogP contribution is -2.24. The van der Waals surface area contributed by atoms with E-state index in [1.54, 1.807) is 0 Å². The molecule has 0 amide bonds. The van der Waals surface area contributed by atoms with E-state index in [0.717, 1.165) is 28.3 Å². The van der Waals surface area contributed by atoms with Gasteiger partial charge in [0.25, 0.3) is 0 Å². The monoisotopic (exact) mass is 409 g/mol. The molecule has 0 aliphatic rings. The Kier molecular flexibility index (Phi) is 6.46. The lowest BCUT2D eigenvalue weighted by molar-refractivity contribution is 0.529. The van der Waals surface area contributed by atoms with Gasteiger partial charge in [-0.3, -0.25) is 0 Å². The molecule has 2 aromatic carbocycles. The lowest BCUT2D eigenvalue weighted by Gasteiger charge is -2.20. The molecule has 21 heavy (non-hydrogen) atoms. The number of halogens is 2. The molecule has 1 N–H and O–H groups in total. The quantitative estimate of drug-likeness (QED) is 0.634. The lowest BCUT2D eigenvalue weighted by atomic mass is 9.98. The minimum atomic E-state index is 0.334. The Morgan fingerprint density at radius 3 is 2.38 bits per heavy atom. The third-order valence-electron chi connectivity index (χ3n) is 3.45. The molecule has 0 aromatic heterocycles. The first-order valence-corrected chi connectivity index (χ1v) is 8.92. The van der Waals surface area contributed by atoms with E-state index in [-0.39, 0.29) is 0 Å². The first kappa shape index (κ1) is 16.7. The van der Waals surface area contributed by atoms with Gasteiger partial charge in [-0.25, -0.2) is 0 Å². The van der Waals surface area contributed by atoms with Crippen LogP contribution in [0.15, 0.2) is 51.4 Å². The van der Waals surface area contributed by atoms with Crippen LogP contribution in [0.1, 0.15) is 36.1 Å². The van der Waals surface area contributed by atoms with Gasteiger partial charge in [-0.15, -0.1) is 0 Å². The fourth-order valence-electron chi connectivity index (χ4n) is 2.48. The van der Waals surface area contributed by atoms with Crippen LogP contribution in [0.4, 0.5) is 0 Å². The van der Waals surface area contributed by atoms with Crippen molar-refractivity contribution in [2.45, 2.75) is 32.7 Å². The molecule has 2 rings (SSSR count). The molecule has 0 bridgehead atoms. The van der Waals surface area contributed by atoms with Crippen molar-refractivity contribution < 1.29 is 0 Å². The van der Waals surface area contributed by atoms with Crippen LogP contribution in [0, 0.1) is 6.92 Å². The minimum Gasteiger partial charge on any atom is -0.310 e. The van der Waals surface area contributed by atoms with Gasteiger partial charge in [-0.2, -0.15) is 0 Å². The Balaban J connectivity index is 2.25. The van der Waals surface area contributed by atoms with Crippen molar-refractivity contribution in [3.63, 3.8) is 0 Å². The molecule has 0 fully saturated rings. The van der Waals surface area contributed by atoms with Gasteiger partial charge in [-0.05, 0) is 55.6 Å². The van der Waals surface area contributed by atoms with Gasteiger partial charge in [0.15, 0.2) is 0 Å². The smallest absolute Gasteiger partial charge is 0.0361 e. The minimum absolute atomic E-state index is 0.334. The highest BCUT2D eigenvalue weighted by Crippen LogP contribution is 2.26. The van der Waals surface area contributed by atoms with E-state index in [1.807, 2.05) is 0 Å². The standard InChI is InChI=1S/C18H21Br2N/c1-3-7-21-18(9-14-6-4-5-13(2)8-14)15-10-16(19)12-17(20)11-15/h4-6,8,10-12,18,21H,3,7,9H2,1-2H3. The molecule has 0 saturated carbocycles. The Hall–Kier alpha value is -0.640. The summed E-state index contributed by atoms with van der Waals surface area (Å²) in [5.74, 6) is 0. The highest BCUT2D eigenvalue weighted by molar-refractivity contribution is 9.11. The van der Waals surface area contributed by atoms with Gasteiger partial charge < -0.3 is 5.32 Å². The van der Waals surface area contributed by atoms with E-state index in [1.165, 1.54) is 16.7 Å². The first-order chi connectivity index (χ1) is 10.1. The van der Waals surface area contributed by atoms with Crippen molar-refractivity contribution >= 4 is 31.9 Å². The number of hydrogen-bond acceptors (Lipinski definition) is 1. The maximum absolute atomic E-state index is 3.67. The zero-order valence-corrected chi connectivity index (χ0v) is 15.7. The summed E-state index contributed by atoms with van der Waals surface area (Å²) in [5.41, 5.74) is 4.00. The molecule has 0 saturated heterocycles. The van der Waals surface area contributed by atoms with Crippen molar-refractivity contribution in [2.24, 2.45) is 0 Å². The molecule has 1 atom stereocenters. The van der Waals surface area contributed by atoms with E-state index < -0.39 is 0 Å². The molecule has 3 heteroatoms. The maximum Gasteiger partial charge on any atom is 0.0361 e. The fourth-order valence-corrected chi connectivity index (χ4v) is 3.81. The van der Waals surface area contributed by atoms with E-state index in [4.69, 9.17) is 0 Å². The van der Waals surface area contributed by atoms with Gasteiger partial charge in [0.2, 0.25) is 0 Å². The number of aryl methyl sites for hydroxylation is 1. The predicted molar refractivity (Wildman–Crippen MR) is 97.8 cm³/mol. The summed E-state index contributed by atoms with van der Waals surface area (Å²) in [7, 11) is 0. The first-order valence-electron chi connectivity index (χ1n) is 7.33. The average Bonchev–Trinajstić information content (AvgIpc) is 2.42. The predicted octanol–water partition coefficient (Wildman–Crippen LogP) is 5.80. The van der Waals surface area contributed by atoms with Crippen molar-refractivity contribution in [3.05, 3.63) is 68.1 Å². The molecule has 0 aliphatic carbocycles. The molecule has 0 heterocycles. The third-order valence-corrected chi connectivity index (χ3v) is 4.37. The second kappa shape index (κ2) is 8.11. The van der Waals surface area contributed by atoms with Gasteiger partial charge in [0.1, 0.15) is 0 Å². The molecule has 1 unspecified atom stereocenters.